The second-order valence-electron chi connectivity index (χ2n) is 4.53. The van der Waals surface area contributed by atoms with Gasteiger partial charge < -0.3 is 5.73 Å². The quantitative estimate of drug-likeness (QED) is 0.267. The molecule has 0 aromatic heterocycles. The van der Waals surface area contributed by atoms with Crippen LogP contribution in [0.1, 0.15) is 5.56 Å². The fraction of sp³-hybridized carbons (Fsp3) is 0.273. The Balaban J connectivity index is 3.08. The van der Waals surface area contributed by atoms with Crippen LogP contribution in [-0.2, 0) is 0 Å². The molecule has 0 atom stereocenters. The third kappa shape index (κ3) is 3.40. The van der Waals surface area contributed by atoms with E-state index in [9.17, 15) is 10.1 Å². The van der Waals surface area contributed by atoms with Gasteiger partial charge in [-0.1, -0.05) is 25.6 Å². The van der Waals surface area contributed by atoms with E-state index >= 15 is 0 Å². The fourth-order valence-corrected chi connectivity index (χ4v) is 1.54. The molecule has 4 nitrogen and oxygen atoms in total. The Morgan fingerprint density at radius 3 is 2.44 bits per heavy atom. The van der Waals surface area contributed by atoms with Crippen LogP contribution in [-0.4, -0.2) is 13.0 Å². The Hall–Kier alpha value is -1.80. The molecule has 0 radical (unpaired) electrons. The van der Waals surface area contributed by atoms with Gasteiger partial charge in [0.25, 0.3) is 5.69 Å². The minimum absolute atomic E-state index is 0.00365. The maximum atomic E-state index is 10.5. The fourth-order valence-electron chi connectivity index (χ4n) is 1.03. The first-order valence-electron chi connectivity index (χ1n) is 4.87. The molecule has 84 valence electrons. The molecule has 1 aromatic rings. The summed E-state index contributed by atoms with van der Waals surface area (Å²) in [6, 6.07) is 4.36. The van der Waals surface area contributed by atoms with Crippen LogP contribution < -0.4 is 5.73 Å². The topological polar surface area (TPSA) is 69.2 Å². The molecule has 0 saturated heterocycles. The van der Waals surface area contributed by atoms with E-state index in [4.69, 9.17) is 5.73 Å². The second-order valence-corrected chi connectivity index (χ2v) is 9.28. The summed E-state index contributed by atoms with van der Waals surface area (Å²) in [5.74, 6) is 2.98. The average Bonchev–Trinajstić information content (AvgIpc) is 2.14. The van der Waals surface area contributed by atoms with E-state index in [2.05, 4.69) is 31.1 Å². The van der Waals surface area contributed by atoms with Crippen LogP contribution in [0.3, 0.4) is 0 Å². The second kappa shape index (κ2) is 4.37. The van der Waals surface area contributed by atoms with Gasteiger partial charge in [0.1, 0.15) is 8.07 Å². The van der Waals surface area contributed by atoms with Crippen molar-refractivity contribution < 1.29 is 4.92 Å². The smallest absolute Gasteiger partial charge is 0.271 e. The number of non-ortho nitro benzene ring substituents is 1. The van der Waals surface area contributed by atoms with Gasteiger partial charge >= 0.3 is 0 Å². The van der Waals surface area contributed by atoms with Gasteiger partial charge in [-0.2, -0.15) is 0 Å². The molecule has 0 amide bonds. The molecular weight excluding hydrogens is 220 g/mol. The maximum absolute atomic E-state index is 10.5. The largest absolute Gasteiger partial charge is 0.398 e. The van der Waals surface area contributed by atoms with Gasteiger partial charge in [-0.25, -0.2) is 0 Å². The van der Waals surface area contributed by atoms with Crippen LogP contribution >= 0.6 is 0 Å². The third-order valence-electron chi connectivity index (χ3n) is 1.82. The van der Waals surface area contributed by atoms with Crippen molar-refractivity contribution in [2.24, 2.45) is 0 Å². The SMILES string of the molecule is C[Si](C)(C)C#Cc1ccc([N+](=O)[O-])cc1N. The van der Waals surface area contributed by atoms with E-state index in [0.29, 0.717) is 11.3 Å². The molecule has 0 heterocycles. The standard InChI is InChI=1S/C11H14N2O2Si/c1-16(2,3)7-6-9-4-5-10(13(14)15)8-11(9)12/h4-5,8H,12H2,1-3H3. The highest BCUT2D eigenvalue weighted by Crippen LogP contribution is 2.19. The number of nitrogen functional groups attached to an aromatic ring is 1. The van der Waals surface area contributed by atoms with Gasteiger partial charge in [-0.15, -0.1) is 5.54 Å². The number of hydrogen-bond acceptors (Lipinski definition) is 3. The van der Waals surface area contributed by atoms with Crippen LogP contribution in [0.5, 0.6) is 0 Å². The Labute approximate surface area is 95.6 Å². The lowest BCUT2D eigenvalue weighted by molar-refractivity contribution is -0.384. The van der Waals surface area contributed by atoms with Crippen molar-refractivity contribution in [3.63, 3.8) is 0 Å². The Morgan fingerprint density at radius 2 is 2.00 bits per heavy atom. The highest BCUT2D eigenvalue weighted by molar-refractivity contribution is 6.83. The van der Waals surface area contributed by atoms with Crippen LogP contribution in [0.4, 0.5) is 11.4 Å². The average molecular weight is 234 g/mol. The number of rotatable bonds is 1. The van der Waals surface area contributed by atoms with Gasteiger partial charge in [0.2, 0.25) is 0 Å². The zero-order valence-corrected chi connectivity index (χ0v) is 10.6. The van der Waals surface area contributed by atoms with E-state index < -0.39 is 13.0 Å². The highest BCUT2D eigenvalue weighted by Gasteiger charge is 2.09. The molecule has 1 aromatic carbocycles. The molecule has 0 aliphatic heterocycles. The molecule has 1 rings (SSSR count). The van der Waals surface area contributed by atoms with Gasteiger partial charge in [0.15, 0.2) is 0 Å². The number of anilines is 1. The molecule has 0 spiro atoms. The van der Waals surface area contributed by atoms with Crippen LogP contribution in [0.25, 0.3) is 0 Å². The van der Waals surface area contributed by atoms with Crippen molar-refractivity contribution in [3.05, 3.63) is 33.9 Å². The Bertz CT molecular complexity index is 481. The van der Waals surface area contributed by atoms with E-state index in [1.165, 1.54) is 12.1 Å². The lowest BCUT2D eigenvalue weighted by Crippen LogP contribution is -2.16. The number of hydrogen-bond donors (Lipinski definition) is 1. The summed E-state index contributed by atoms with van der Waals surface area (Å²) in [6.45, 7) is 6.38. The van der Waals surface area contributed by atoms with Crippen LogP contribution in [0.2, 0.25) is 19.6 Å². The summed E-state index contributed by atoms with van der Waals surface area (Å²) >= 11 is 0. The minimum atomic E-state index is -1.45. The summed E-state index contributed by atoms with van der Waals surface area (Å²) in [4.78, 5) is 10.0. The van der Waals surface area contributed by atoms with Crippen LogP contribution in [0.15, 0.2) is 18.2 Å². The Kier molecular flexibility index (Phi) is 3.35. The van der Waals surface area contributed by atoms with E-state index in [1.807, 2.05) is 0 Å². The predicted molar refractivity (Wildman–Crippen MR) is 67.7 cm³/mol. The zero-order valence-electron chi connectivity index (χ0n) is 9.57. The number of nitro benzene ring substituents is 1. The molecule has 0 fully saturated rings. The number of nitro groups is 1. The first-order valence-corrected chi connectivity index (χ1v) is 8.37. The minimum Gasteiger partial charge on any atom is -0.398 e. The van der Waals surface area contributed by atoms with Gasteiger partial charge in [-0.05, 0) is 6.07 Å². The monoisotopic (exact) mass is 234 g/mol. The lowest BCUT2D eigenvalue weighted by atomic mass is 10.2. The maximum Gasteiger partial charge on any atom is 0.271 e. The van der Waals surface area contributed by atoms with E-state index in [1.54, 1.807) is 6.07 Å². The summed E-state index contributed by atoms with van der Waals surface area (Å²) in [6.07, 6.45) is 0. The van der Waals surface area contributed by atoms with Gasteiger partial charge in [0.05, 0.1) is 10.6 Å². The molecular formula is C11H14N2O2Si. The molecule has 0 aliphatic carbocycles. The molecule has 16 heavy (non-hydrogen) atoms. The van der Waals surface area contributed by atoms with E-state index in [0.717, 1.165) is 0 Å². The van der Waals surface area contributed by atoms with Crippen molar-refractivity contribution in [3.8, 4) is 11.5 Å². The highest BCUT2D eigenvalue weighted by atomic mass is 28.3. The summed E-state index contributed by atoms with van der Waals surface area (Å²) in [7, 11) is -1.45. The van der Waals surface area contributed by atoms with E-state index in [-0.39, 0.29) is 5.69 Å². The normalized spacial score (nSPS) is 10.4. The molecule has 0 bridgehead atoms. The summed E-state index contributed by atoms with van der Waals surface area (Å²) < 4.78 is 0. The summed E-state index contributed by atoms with van der Waals surface area (Å²) in [5, 5.41) is 10.5. The molecule has 0 saturated carbocycles. The van der Waals surface area contributed by atoms with Crippen molar-refractivity contribution in [2.75, 3.05) is 5.73 Å². The molecule has 0 unspecified atom stereocenters. The van der Waals surface area contributed by atoms with Crippen molar-refractivity contribution in [1.29, 1.82) is 0 Å². The predicted octanol–water partition coefficient (Wildman–Crippen LogP) is 2.41. The molecule has 0 aliphatic rings. The number of benzene rings is 1. The third-order valence-corrected chi connectivity index (χ3v) is 2.69. The van der Waals surface area contributed by atoms with Crippen molar-refractivity contribution >= 4 is 19.4 Å². The first-order chi connectivity index (χ1) is 7.29. The zero-order chi connectivity index (χ0) is 12.3. The first kappa shape index (κ1) is 12.3. The Morgan fingerprint density at radius 1 is 1.38 bits per heavy atom. The van der Waals surface area contributed by atoms with Crippen LogP contribution in [0, 0.1) is 21.6 Å². The lowest BCUT2D eigenvalue weighted by Gasteiger charge is -2.04. The molecule has 5 heteroatoms. The van der Waals surface area contributed by atoms with Gasteiger partial charge in [0, 0.05) is 17.7 Å². The summed E-state index contributed by atoms with van der Waals surface area (Å²) in [5.41, 5.74) is 9.88. The van der Waals surface area contributed by atoms with Crippen molar-refractivity contribution in [1.82, 2.24) is 0 Å². The van der Waals surface area contributed by atoms with Crippen molar-refractivity contribution in [2.45, 2.75) is 19.6 Å². The number of nitrogens with zero attached hydrogens (tertiary/aromatic N) is 1. The molecule has 2 N–H and O–H groups in total. The number of nitrogens with two attached hydrogens (primary N) is 1. The van der Waals surface area contributed by atoms with Gasteiger partial charge in [-0.3, -0.25) is 10.1 Å².